The second-order valence-corrected chi connectivity index (χ2v) is 5.93. The van der Waals surface area contributed by atoms with Crippen LogP contribution in [0.25, 0.3) is 0 Å². The molecule has 0 atom stereocenters. The number of nitrogens with two attached hydrogens (primary N) is 4. The van der Waals surface area contributed by atoms with Gasteiger partial charge in [-0.05, 0) is 30.4 Å². The molecule has 0 aromatic heterocycles. The Labute approximate surface area is 138 Å². The first-order valence-corrected chi connectivity index (χ1v) is 7.65. The second kappa shape index (κ2) is 6.69. The minimum atomic E-state index is -0.931. The van der Waals surface area contributed by atoms with E-state index in [4.69, 9.17) is 22.9 Å². The molecule has 1 aromatic rings. The van der Waals surface area contributed by atoms with Crippen molar-refractivity contribution >= 4 is 23.6 Å². The molecule has 1 saturated carbocycles. The molecule has 24 heavy (non-hydrogen) atoms. The maximum absolute atomic E-state index is 12.0. The van der Waals surface area contributed by atoms with Crippen LogP contribution in [0, 0.1) is 0 Å². The summed E-state index contributed by atoms with van der Waals surface area (Å²) >= 11 is 0. The van der Waals surface area contributed by atoms with E-state index in [1.807, 2.05) is 0 Å². The van der Waals surface area contributed by atoms with Gasteiger partial charge in [-0.3, -0.25) is 19.2 Å². The van der Waals surface area contributed by atoms with Gasteiger partial charge in [0.15, 0.2) is 0 Å². The Morgan fingerprint density at radius 3 is 1.46 bits per heavy atom. The highest BCUT2D eigenvalue weighted by molar-refractivity contribution is 6.14. The van der Waals surface area contributed by atoms with Gasteiger partial charge in [0.25, 0.3) is 0 Å². The second-order valence-electron chi connectivity index (χ2n) is 5.93. The van der Waals surface area contributed by atoms with E-state index in [0.29, 0.717) is 12.8 Å². The molecule has 1 aliphatic rings. The molecule has 1 aliphatic carbocycles. The summed E-state index contributed by atoms with van der Waals surface area (Å²) < 4.78 is 0. The van der Waals surface area contributed by atoms with Gasteiger partial charge in [0.2, 0.25) is 23.6 Å². The lowest BCUT2D eigenvalue weighted by molar-refractivity contribution is 0.0954. The fourth-order valence-corrected chi connectivity index (χ4v) is 3.42. The van der Waals surface area contributed by atoms with Crippen molar-refractivity contribution in [2.24, 2.45) is 22.9 Å². The van der Waals surface area contributed by atoms with Crippen LogP contribution in [-0.4, -0.2) is 23.6 Å². The van der Waals surface area contributed by atoms with Gasteiger partial charge in [-0.2, -0.15) is 0 Å². The van der Waals surface area contributed by atoms with Crippen molar-refractivity contribution in [3.8, 4) is 0 Å². The summed E-state index contributed by atoms with van der Waals surface area (Å²) in [5.74, 6) is -3.88. The molecule has 4 amide bonds. The summed E-state index contributed by atoms with van der Waals surface area (Å²) in [6.45, 7) is 0. The molecule has 128 valence electrons. The Morgan fingerprint density at radius 2 is 1.12 bits per heavy atom. The van der Waals surface area contributed by atoms with Crippen LogP contribution >= 0.6 is 0 Å². The normalized spacial score (nSPS) is 15.0. The largest absolute Gasteiger partial charge is 0.366 e. The van der Waals surface area contributed by atoms with Crippen LogP contribution in [-0.2, 0) is 0 Å². The van der Waals surface area contributed by atoms with Crippen LogP contribution < -0.4 is 22.9 Å². The number of carbonyl (C=O) groups excluding carboxylic acids is 4. The molecule has 0 bridgehead atoms. The minimum absolute atomic E-state index is 0.145. The highest BCUT2D eigenvalue weighted by Crippen LogP contribution is 2.38. The van der Waals surface area contributed by atoms with Gasteiger partial charge in [-0.1, -0.05) is 19.3 Å². The summed E-state index contributed by atoms with van der Waals surface area (Å²) in [5.41, 5.74) is 21.0. The zero-order chi connectivity index (χ0) is 18.0. The first-order valence-electron chi connectivity index (χ1n) is 7.65. The summed E-state index contributed by atoms with van der Waals surface area (Å²) in [6.07, 6.45) is 4.15. The van der Waals surface area contributed by atoms with Crippen molar-refractivity contribution < 1.29 is 19.2 Å². The Kier molecular flexibility index (Phi) is 4.87. The maximum atomic E-state index is 12.0. The number of rotatable bonds is 5. The van der Waals surface area contributed by atoms with Gasteiger partial charge in [0, 0.05) is 0 Å². The van der Waals surface area contributed by atoms with E-state index in [0.717, 1.165) is 25.3 Å². The lowest BCUT2D eigenvalue weighted by Gasteiger charge is -2.27. The predicted molar refractivity (Wildman–Crippen MR) is 86.3 cm³/mol. The lowest BCUT2D eigenvalue weighted by Crippen LogP contribution is -2.31. The summed E-state index contributed by atoms with van der Waals surface area (Å²) in [6, 6.07) is 1.02. The third-order valence-corrected chi connectivity index (χ3v) is 4.40. The molecule has 8 nitrogen and oxygen atoms in total. The standard InChI is InChI=1S/C16H20N4O4/c17-13(21)8-6-9(14(18)22)12(16(20)24)10(11(8)15(19)23)7-4-2-1-3-5-7/h6-7H,1-5H2,(H2,17,21)(H2,18,22)(H2,19,23)(H2,20,24). The third kappa shape index (κ3) is 3.08. The highest BCUT2D eigenvalue weighted by Gasteiger charge is 2.32. The fourth-order valence-electron chi connectivity index (χ4n) is 3.42. The first-order chi connectivity index (χ1) is 11.3. The van der Waals surface area contributed by atoms with E-state index in [1.165, 1.54) is 0 Å². The molecule has 1 fully saturated rings. The number of amides is 4. The van der Waals surface area contributed by atoms with Crippen LogP contribution in [0.4, 0.5) is 0 Å². The lowest BCUT2D eigenvalue weighted by atomic mass is 9.76. The number of primary amides is 4. The highest BCUT2D eigenvalue weighted by atomic mass is 16.2. The smallest absolute Gasteiger partial charge is 0.249 e. The van der Waals surface area contributed by atoms with Crippen molar-refractivity contribution in [3.63, 3.8) is 0 Å². The summed E-state index contributed by atoms with van der Waals surface area (Å²) in [7, 11) is 0. The maximum Gasteiger partial charge on any atom is 0.249 e. The Hall–Kier alpha value is -2.90. The molecule has 0 heterocycles. The first kappa shape index (κ1) is 17.5. The Morgan fingerprint density at radius 1 is 0.708 bits per heavy atom. The van der Waals surface area contributed by atoms with E-state index >= 15 is 0 Å². The van der Waals surface area contributed by atoms with Gasteiger partial charge in [0.1, 0.15) is 0 Å². The monoisotopic (exact) mass is 332 g/mol. The molecular weight excluding hydrogens is 312 g/mol. The van der Waals surface area contributed by atoms with Crippen molar-refractivity contribution in [3.05, 3.63) is 33.9 Å². The molecule has 2 rings (SSSR count). The van der Waals surface area contributed by atoms with E-state index in [9.17, 15) is 19.2 Å². The molecular formula is C16H20N4O4. The molecule has 0 radical (unpaired) electrons. The molecule has 0 saturated heterocycles. The van der Waals surface area contributed by atoms with Crippen molar-refractivity contribution in [2.75, 3.05) is 0 Å². The summed E-state index contributed by atoms with van der Waals surface area (Å²) in [4.78, 5) is 47.5. The minimum Gasteiger partial charge on any atom is -0.366 e. The predicted octanol–water partition coefficient (Wildman–Crippen LogP) is 0.130. The van der Waals surface area contributed by atoms with Gasteiger partial charge in [-0.15, -0.1) is 0 Å². The molecule has 0 unspecified atom stereocenters. The molecule has 0 spiro atoms. The zero-order valence-electron chi connectivity index (χ0n) is 13.1. The molecule has 1 aromatic carbocycles. The van der Waals surface area contributed by atoms with E-state index < -0.39 is 23.6 Å². The summed E-state index contributed by atoms with van der Waals surface area (Å²) in [5, 5.41) is 0. The van der Waals surface area contributed by atoms with E-state index in [1.54, 1.807) is 0 Å². The van der Waals surface area contributed by atoms with Crippen LogP contribution in [0.3, 0.4) is 0 Å². The van der Waals surface area contributed by atoms with Crippen molar-refractivity contribution in [1.29, 1.82) is 0 Å². The zero-order valence-corrected chi connectivity index (χ0v) is 13.1. The fraction of sp³-hybridized carbons (Fsp3) is 0.375. The van der Waals surface area contributed by atoms with E-state index in [2.05, 4.69) is 0 Å². The van der Waals surface area contributed by atoms with Crippen molar-refractivity contribution in [1.82, 2.24) is 0 Å². The molecule has 8 N–H and O–H groups in total. The van der Waals surface area contributed by atoms with Crippen molar-refractivity contribution in [2.45, 2.75) is 38.0 Å². The van der Waals surface area contributed by atoms with Crippen LogP contribution in [0.5, 0.6) is 0 Å². The Bertz CT molecular complexity index is 686. The van der Waals surface area contributed by atoms with Gasteiger partial charge in [-0.25, -0.2) is 0 Å². The van der Waals surface area contributed by atoms with Gasteiger partial charge >= 0.3 is 0 Å². The van der Waals surface area contributed by atoms with Crippen LogP contribution in [0.15, 0.2) is 6.07 Å². The van der Waals surface area contributed by atoms with Gasteiger partial charge < -0.3 is 22.9 Å². The molecule has 8 heteroatoms. The number of hydrogen-bond donors (Lipinski definition) is 4. The number of hydrogen-bond acceptors (Lipinski definition) is 4. The SMILES string of the molecule is NC(=O)c1cc(C(N)=O)c(C(N)=O)c(C2CCCCC2)c1C(N)=O. The third-order valence-electron chi connectivity index (χ3n) is 4.40. The Balaban J connectivity index is 2.92. The number of carbonyl (C=O) groups is 4. The van der Waals surface area contributed by atoms with Crippen LogP contribution in [0.2, 0.25) is 0 Å². The number of benzene rings is 1. The quantitative estimate of drug-likeness (QED) is 0.600. The average molecular weight is 332 g/mol. The molecule has 0 aliphatic heterocycles. The van der Waals surface area contributed by atoms with Gasteiger partial charge in [0.05, 0.1) is 22.3 Å². The average Bonchev–Trinajstić information content (AvgIpc) is 2.52. The van der Waals surface area contributed by atoms with E-state index in [-0.39, 0.29) is 33.7 Å². The van der Waals surface area contributed by atoms with Crippen LogP contribution in [0.1, 0.15) is 85.0 Å². The topological polar surface area (TPSA) is 172 Å².